The molecular formula is C11H16N6O2. The van der Waals surface area contributed by atoms with Gasteiger partial charge in [0.1, 0.15) is 5.52 Å². The smallest absolute Gasteiger partial charge is 0.290 e. The van der Waals surface area contributed by atoms with E-state index in [1.807, 2.05) is 7.05 Å². The van der Waals surface area contributed by atoms with Gasteiger partial charge in [0.15, 0.2) is 0 Å². The van der Waals surface area contributed by atoms with Crippen LogP contribution in [-0.2, 0) is 4.74 Å². The summed E-state index contributed by atoms with van der Waals surface area (Å²) < 4.78 is 7.04. The number of ether oxygens (including phenoxy) is 1. The molecule has 8 nitrogen and oxygen atoms in total. The van der Waals surface area contributed by atoms with Crippen molar-refractivity contribution in [3.63, 3.8) is 0 Å². The third-order valence-corrected chi connectivity index (χ3v) is 3.14. The van der Waals surface area contributed by atoms with Crippen molar-refractivity contribution in [1.82, 2.24) is 24.7 Å². The second-order valence-corrected chi connectivity index (χ2v) is 4.68. The molecule has 2 aromatic rings. The van der Waals surface area contributed by atoms with Gasteiger partial charge in [0.2, 0.25) is 5.95 Å². The predicted octanol–water partition coefficient (Wildman–Crippen LogP) is -0.840. The molecule has 1 unspecified atom stereocenters. The molecule has 102 valence electrons. The van der Waals surface area contributed by atoms with Crippen molar-refractivity contribution < 1.29 is 4.74 Å². The van der Waals surface area contributed by atoms with Gasteiger partial charge in [-0.25, -0.2) is 5.10 Å². The Morgan fingerprint density at radius 1 is 1.58 bits per heavy atom. The van der Waals surface area contributed by atoms with Crippen molar-refractivity contribution in [3.8, 4) is 0 Å². The van der Waals surface area contributed by atoms with Gasteiger partial charge in [-0.1, -0.05) is 0 Å². The van der Waals surface area contributed by atoms with Crippen molar-refractivity contribution >= 4 is 11.5 Å². The highest BCUT2D eigenvalue weighted by Gasteiger charge is 2.18. The average Bonchev–Trinajstić information content (AvgIpc) is 2.79. The molecule has 3 heterocycles. The lowest BCUT2D eigenvalue weighted by molar-refractivity contribution is 0.140. The number of aromatic nitrogens is 4. The quantitative estimate of drug-likeness (QED) is 0.735. The molecule has 3 rings (SSSR count). The normalized spacial score (nSPS) is 21.4. The molecule has 0 bridgehead atoms. The van der Waals surface area contributed by atoms with Crippen LogP contribution < -0.4 is 10.9 Å². The largest absolute Gasteiger partial charge is 0.378 e. The number of hydrogen-bond acceptors (Lipinski definition) is 6. The Kier molecular flexibility index (Phi) is 3.18. The highest BCUT2D eigenvalue weighted by molar-refractivity contribution is 5.47. The number of anilines is 1. The van der Waals surface area contributed by atoms with E-state index in [0.717, 1.165) is 19.7 Å². The maximum atomic E-state index is 11.6. The van der Waals surface area contributed by atoms with E-state index in [-0.39, 0.29) is 11.6 Å². The lowest BCUT2D eigenvalue weighted by Gasteiger charge is -2.20. The van der Waals surface area contributed by atoms with Gasteiger partial charge in [-0.3, -0.25) is 4.79 Å². The van der Waals surface area contributed by atoms with Crippen LogP contribution in [-0.4, -0.2) is 64.1 Å². The summed E-state index contributed by atoms with van der Waals surface area (Å²) in [5, 5.41) is 13.8. The number of aromatic amines is 1. The lowest BCUT2D eigenvalue weighted by atomic mass is 10.3. The fourth-order valence-electron chi connectivity index (χ4n) is 2.18. The third kappa shape index (κ3) is 2.45. The van der Waals surface area contributed by atoms with Crippen LogP contribution in [0.2, 0.25) is 0 Å². The molecule has 19 heavy (non-hydrogen) atoms. The molecule has 0 amide bonds. The van der Waals surface area contributed by atoms with E-state index in [4.69, 9.17) is 4.74 Å². The number of nitrogens with one attached hydrogen (secondary N) is 2. The first-order valence-corrected chi connectivity index (χ1v) is 6.19. The minimum Gasteiger partial charge on any atom is -0.378 e. The first-order chi connectivity index (χ1) is 9.24. The second kappa shape index (κ2) is 4.98. The zero-order valence-corrected chi connectivity index (χ0v) is 10.7. The van der Waals surface area contributed by atoms with Gasteiger partial charge in [-0.2, -0.15) is 9.61 Å². The SMILES string of the molecule is CN1CCOCC(Nc2n[nH]c(=O)c3ccnn23)C1. The second-order valence-electron chi connectivity index (χ2n) is 4.68. The van der Waals surface area contributed by atoms with E-state index >= 15 is 0 Å². The molecular weight excluding hydrogens is 248 g/mol. The third-order valence-electron chi connectivity index (χ3n) is 3.14. The van der Waals surface area contributed by atoms with E-state index in [0.29, 0.717) is 18.1 Å². The molecule has 1 aliphatic heterocycles. The first-order valence-electron chi connectivity index (χ1n) is 6.19. The molecule has 0 aliphatic carbocycles. The van der Waals surface area contributed by atoms with Gasteiger partial charge in [0, 0.05) is 13.1 Å². The highest BCUT2D eigenvalue weighted by Crippen LogP contribution is 2.07. The van der Waals surface area contributed by atoms with Gasteiger partial charge in [-0.15, -0.1) is 5.10 Å². The Morgan fingerprint density at radius 2 is 2.47 bits per heavy atom. The predicted molar refractivity (Wildman–Crippen MR) is 69.3 cm³/mol. The van der Waals surface area contributed by atoms with Crippen LogP contribution in [0.5, 0.6) is 0 Å². The zero-order chi connectivity index (χ0) is 13.2. The Labute approximate surface area is 109 Å². The van der Waals surface area contributed by atoms with E-state index in [1.165, 1.54) is 4.52 Å². The number of nitrogens with zero attached hydrogens (tertiary/aromatic N) is 4. The topological polar surface area (TPSA) is 87.5 Å². The van der Waals surface area contributed by atoms with Gasteiger partial charge >= 0.3 is 0 Å². The number of fused-ring (bicyclic) bond motifs is 1. The summed E-state index contributed by atoms with van der Waals surface area (Å²) in [6.45, 7) is 3.09. The number of H-pyrrole nitrogens is 1. The lowest BCUT2D eigenvalue weighted by Crippen LogP contribution is -2.36. The van der Waals surface area contributed by atoms with Crippen LogP contribution >= 0.6 is 0 Å². The summed E-state index contributed by atoms with van der Waals surface area (Å²) in [4.78, 5) is 13.7. The molecule has 1 fully saturated rings. The summed E-state index contributed by atoms with van der Waals surface area (Å²) in [6.07, 6.45) is 1.58. The van der Waals surface area contributed by atoms with Crippen LogP contribution in [0.4, 0.5) is 5.95 Å². The van der Waals surface area contributed by atoms with Crippen LogP contribution in [0.3, 0.4) is 0 Å². The minimum atomic E-state index is -0.253. The monoisotopic (exact) mass is 264 g/mol. The summed E-state index contributed by atoms with van der Waals surface area (Å²) in [5.74, 6) is 0.517. The Balaban J connectivity index is 1.86. The van der Waals surface area contributed by atoms with E-state index in [9.17, 15) is 4.79 Å². The van der Waals surface area contributed by atoms with E-state index in [1.54, 1.807) is 12.3 Å². The molecule has 2 aromatic heterocycles. The molecule has 0 radical (unpaired) electrons. The number of hydrogen-bond donors (Lipinski definition) is 2. The average molecular weight is 264 g/mol. The molecule has 0 spiro atoms. The molecule has 1 aliphatic rings. The molecule has 2 N–H and O–H groups in total. The van der Waals surface area contributed by atoms with Crippen molar-refractivity contribution in [1.29, 1.82) is 0 Å². The fraction of sp³-hybridized carbons (Fsp3) is 0.545. The fourth-order valence-corrected chi connectivity index (χ4v) is 2.18. The van der Waals surface area contributed by atoms with Crippen LogP contribution in [0.25, 0.3) is 5.52 Å². The van der Waals surface area contributed by atoms with Gasteiger partial charge in [0.25, 0.3) is 5.56 Å². The summed E-state index contributed by atoms with van der Waals surface area (Å²) >= 11 is 0. The molecule has 1 saturated heterocycles. The standard InChI is InChI=1S/C11H16N6O2/c1-16-4-5-19-7-8(6-16)13-11-15-14-10(18)9-2-3-12-17(9)11/h2-3,8H,4-7H2,1H3,(H,13,15)(H,14,18). The Hall–Kier alpha value is -1.93. The van der Waals surface area contributed by atoms with E-state index in [2.05, 4.69) is 25.5 Å². The van der Waals surface area contributed by atoms with Crippen molar-refractivity contribution in [3.05, 3.63) is 22.6 Å². The maximum absolute atomic E-state index is 11.6. The van der Waals surface area contributed by atoms with Gasteiger partial charge in [0.05, 0.1) is 25.5 Å². The van der Waals surface area contributed by atoms with E-state index < -0.39 is 0 Å². The molecule has 0 aromatic carbocycles. The first kappa shape index (κ1) is 12.1. The Morgan fingerprint density at radius 3 is 3.37 bits per heavy atom. The zero-order valence-electron chi connectivity index (χ0n) is 10.7. The number of likely N-dealkylation sites (N-methyl/N-ethyl adjacent to an activating group) is 1. The van der Waals surface area contributed by atoms with Crippen molar-refractivity contribution in [2.24, 2.45) is 0 Å². The summed E-state index contributed by atoms with van der Waals surface area (Å²) in [5.41, 5.74) is 0.220. The van der Waals surface area contributed by atoms with Gasteiger partial charge < -0.3 is 15.0 Å². The van der Waals surface area contributed by atoms with Crippen LogP contribution in [0, 0.1) is 0 Å². The van der Waals surface area contributed by atoms with Crippen molar-refractivity contribution in [2.45, 2.75) is 6.04 Å². The summed E-state index contributed by atoms with van der Waals surface area (Å²) in [6, 6.07) is 1.76. The minimum absolute atomic E-state index is 0.110. The van der Waals surface area contributed by atoms with Gasteiger partial charge in [-0.05, 0) is 13.1 Å². The van der Waals surface area contributed by atoms with Crippen LogP contribution in [0.1, 0.15) is 0 Å². The maximum Gasteiger partial charge on any atom is 0.290 e. The molecule has 1 atom stereocenters. The highest BCUT2D eigenvalue weighted by atomic mass is 16.5. The summed E-state index contributed by atoms with van der Waals surface area (Å²) in [7, 11) is 2.05. The van der Waals surface area contributed by atoms with Crippen LogP contribution in [0.15, 0.2) is 17.1 Å². The van der Waals surface area contributed by atoms with Crippen molar-refractivity contribution in [2.75, 3.05) is 38.7 Å². The number of rotatable bonds is 2. The molecule has 8 heteroatoms. The Bertz CT molecular complexity index is 621. The molecule has 0 saturated carbocycles.